The highest BCUT2D eigenvalue weighted by Crippen LogP contribution is 2.26. The number of piperidine rings is 1. The van der Waals surface area contributed by atoms with Crippen LogP contribution in [0.25, 0.3) is 10.9 Å². The lowest BCUT2D eigenvalue weighted by Crippen LogP contribution is -2.40. The van der Waals surface area contributed by atoms with Gasteiger partial charge in [0.2, 0.25) is 0 Å². The molecule has 0 N–H and O–H groups in total. The predicted octanol–water partition coefficient (Wildman–Crippen LogP) is 4.39. The van der Waals surface area contributed by atoms with Gasteiger partial charge < -0.3 is 4.90 Å². The van der Waals surface area contributed by atoms with Crippen LogP contribution in [0.5, 0.6) is 0 Å². The zero-order valence-corrected chi connectivity index (χ0v) is 15.4. The number of para-hydroxylation sites is 1. The zero-order valence-electron chi connectivity index (χ0n) is 15.4. The van der Waals surface area contributed by atoms with Gasteiger partial charge in [-0.25, -0.2) is 18.2 Å². The molecule has 0 spiro atoms. The molecule has 1 amide bonds. The normalized spacial score (nSPS) is 14.9. The third-order valence-electron chi connectivity index (χ3n) is 5.22. The van der Waals surface area contributed by atoms with Crippen LogP contribution in [0.1, 0.15) is 33.7 Å². The Kier molecular flexibility index (Phi) is 5.05. The van der Waals surface area contributed by atoms with Crippen LogP contribution in [0.4, 0.5) is 13.2 Å². The summed E-state index contributed by atoms with van der Waals surface area (Å²) < 4.78 is 40.9. The third-order valence-corrected chi connectivity index (χ3v) is 5.22. The summed E-state index contributed by atoms with van der Waals surface area (Å²) in [6, 6.07) is 11.9. The van der Waals surface area contributed by atoms with Crippen LogP contribution in [-0.4, -0.2) is 34.7 Å². The number of halogens is 3. The number of amides is 1. The molecule has 1 aromatic heterocycles. The van der Waals surface area contributed by atoms with E-state index in [0.717, 1.165) is 5.39 Å². The number of aromatic nitrogens is 1. The summed E-state index contributed by atoms with van der Waals surface area (Å²) in [5.41, 5.74) is 0.308. The van der Waals surface area contributed by atoms with E-state index in [2.05, 4.69) is 4.98 Å². The molecule has 0 radical (unpaired) electrons. The number of likely N-dealkylation sites (tertiary alicyclic amines) is 1. The molecule has 1 saturated heterocycles. The van der Waals surface area contributed by atoms with Gasteiger partial charge in [0, 0.05) is 36.5 Å². The molecular weight excluding hydrogens is 381 g/mol. The first kappa shape index (κ1) is 19.1. The van der Waals surface area contributed by atoms with Crippen LogP contribution in [0.15, 0.2) is 48.5 Å². The van der Waals surface area contributed by atoms with E-state index < -0.39 is 34.7 Å². The first-order valence-electron chi connectivity index (χ1n) is 9.28. The topological polar surface area (TPSA) is 50.3 Å². The van der Waals surface area contributed by atoms with E-state index >= 15 is 0 Å². The van der Waals surface area contributed by atoms with E-state index in [1.165, 1.54) is 0 Å². The first-order valence-corrected chi connectivity index (χ1v) is 9.28. The summed E-state index contributed by atoms with van der Waals surface area (Å²) in [4.78, 5) is 31.3. The molecule has 0 atom stereocenters. The van der Waals surface area contributed by atoms with Crippen molar-refractivity contribution in [2.24, 2.45) is 5.92 Å². The Morgan fingerprint density at radius 1 is 0.931 bits per heavy atom. The molecule has 1 aliphatic rings. The van der Waals surface area contributed by atoms with Crippen molar-refractivity contribution in [3.8, 4) is 0 Å². The Labute approximate surface area is 165 Å². The molecule has 4 nitrogen and oxygen atoms in total. The maximum atomic E-state index is 13.9. The summed E-state index contributed by atoms with van der Waals surface area (Å²) in [5.74, 6) is -5.05. The second-order valence-corrected chi connectivity index (χ2v) is 7.06. The van der Waals surface area contributed by atoms with Gasteiger partial charge in [-0.05, 0) is 25.0 Å². The van der Waals surface area contributed by atoms with Gasteiger partial charge >= 0.3 is 0 Å². The lowest BCUT2D eigenvalue weighted by atomic mass is 9.88. The fraction of sp³-hybridized carbons (Fsp3) is 0.227. The number of pyridine rings is 1. The Hall–Kier alpha value is -3.22. The molecule has 0 unspecified atom stereocenters. The molecular formula is C22H17F3N2O2. The van der Waals surface area contributed by atoms with Crippen LogP contribution in [0.2, 0.25) is 0 Å². The maximum absolute atomic E-state index is 13.9. The van der Waals surface area contributed by atoms with Gasteiger partial charge in [0.1, 0.15) is 23.1 Å². The number of benzene rings is 2. The monoisotopic (exact) mass is 398 g/mol. The summed E-state index contributed by atoms with van der Waals surface area (Å²) in [5, 5.41) is 0.928. The Morgan fingerprint density at radius 2 is 1.59 bits per heavy atom. The lowest BCUT2D eigenvalue weighted by molar-refractivity contribution is 0.0643. The summed E-state index contributed by atoms with van der Waals surface area (Å²) in [6.07, 6.45) is 0.544. The van der Waals surface area contributed by atoms with E-state index in [9.17, 15) is 22.8 Å². The molecule has 1 aliphatic heterocycles. The highest BCUT2D eigenvalue weighted by molar-refractivity contribution is 5.99. The van der Waals surface area contributed by atoms with Crippen molar-refractivity contribution < 1.29 is 22.8 Å². The predicted molar refractivity (Wildman–Crippen MR) is 101 cm³/mol. The van der Waals surface area contributed by atoms with Crippen molar-refractivity contribution in [3.63, 3.8) is 0 Å². The number of hydrogen-bond donors (Lipinski definition) is 0. The lowest BCUT2D eigenvalue weighted by Gasteiger charge is -2.31. The molecule has 0 aliphatic carbocycles. The average Bonchev–Trinajstić information content (AvgIpc) is 2.72. The second kappa shape index (κ2) is 7.66. The molecule has 148 valence electrons. The summed E-state index contributed by atoms with van der Waals surface area (Å²) in [7, 11) is 0. The summed E-state index contributed by atoms with van der Waals surface area (Å²) in [6.45, 7) is 0.544. The minimum Gasteiger partial charge on any atom is -0.337 e. The van der Waals surface area contributed by atoms with E-state index in [4.69, 9.17) is 0 Å². The van der Waals surface area contributed by atoms with E-state index in [1.54, 1.807) is 11.0 Å². The number of carbonyl (C=O) groups is 2. The van der Waals surface area contributed by atoms with E-state index in [-0.39, 0.29) is 31.8 Å². The number of hydrogen-bond acceptors (Lipinski definition) is 3. The molecule has 29 heavy (non-hydrogen) atoms. The first-order chi connectivity index (χ1) is 13.9. The number of rotatable bonds is 3. The van der Waals surface area contributed by atoms with Gasteiger partial charge in [0.15, 0.2) is 5.78 Å². The van der Waals surface area contributed by atoms with E-state index in [0.29, 0.717) is 23.3 Å². The SMILES string of the molecule is O=C(c1c(F)cc(F)cc1F)C1CCN(C(=O)c2ccc3ccccc3n2)CC1. The molecule has 3 aromatic rings. The van der Waals surface area contributed by atoms with Crippen molar-refractivity contribution in [3.05, 3.63) is 77.2 Å². The average molecular weight is 398 g/mol. The molecule has 0 bridgehead atoms. The van der Waals surface area contributed by atoms with Gasteiger partial charge in [-0.1, -0.05) is 24.3 Å². The van der Waals surface area contributed by atoms with Crippen molar-refractivity contribution in [1.29, 1.82) is 0 Å². The number of carbonyl (C=O) groups excluding carboxylic acids is 2. The second-order valence-electron chi connectivity index (χ2n) is 7.06. The zero-order chi connectivity index (χ0) is 20.5. The number of Topliss-reactive ketones (excluding diaryl/α,β-unsaturated/α-hetero) is 1. The van der Waals surface area contributed by atoms with Crippen LogP contribution in [0.3, 0.4) is 0 Å². The van der Waals surface area contributed by atoms with E-state index in [1.807, 2.05) is 30.3 Å². The molecule has 2 heterocycles. The van der Waals surface area contributed by atoms with Gasteiger partial charge in [-0.2, -0.15) is 0 Å². The minimum atomic E-state index is -1.20. The van der Waals surface area contributed by atoms with Crippen LogP contribution in [0, 0.1) is 23.4 Å². The molecule has 2 aromatic carbocycles. The molecule has 4 rings (SSSR count). The van der Waals surface area contributed by atoms with Crippen LogP contribution in [-0.2, 0) is 0 Å². The van der Waals surface area contributed by atoms with Crippen molar-refractivity contribution in [2.75, 3.05) is 13.1 Å². The van der Waals surface area contributed by atoms with Crippen LogP contribution < -0.4 is 0 Å². The maximum Gasteiger partial charge on any atom is 0.272 e. The van der Waals surface area contributed by atoms with Crippen LogP contribution >= 0.6 is 0 Å². The van der Waals surface area contributed by atoms with Crippen molar-refractivity contribution >= 4 is 22.6 Å². The molecule has 1 fully saturated rings. The smallest absolute Gasteiger partial charge is 0.272 e. The molecule has 0 saturated carbocycles. The Bertz CT molecular complexity index is 1090. The number of fused-ring (bicyclic) bond motifs is 1. The van der Waals surface area contributed by atoms with Crippen molar-refractivity contribution in [1.82, 2.24) is 9.88 Å². The number of ketones is 1. The Morgan fingerprint density at radius 3 is 2.28 bits per heavy atom. The standard InChI is InChI=1S/C22H17F3N2O2/c23-15-11-16(24)20(17(25)12-15)21(28)14-7-9-27(10-8-14)22(29)19-6-5-13-3-1-2-4-18(13)26-19/h1-6,11-12,14H,7-10H2. The minimum absolute atomic E-state index is 0.249. The van der Waals surface area contributed by atoms with Gasteiger partial charge in [0.05, 0.1) is 11.1 Å². The highest BCUT2D eigenvalue weighted by atomic mass is 19.1. The van der Waals surface area contributed by atoms with Gasteiger partial charge in [-0.3, -0.25) is 9.59 Å². The fourth-order valence-electron chi connectivity index (χ4n) is 3.67. The quantitative estimate of drug-likeness (QED) is 0.615. The van der Waals surface area contributed by atoms with Gasteiger partial charge in [-0.15, -0.1) is 0 Å². The highest BCUT2D eigenvalue weighted by Gasteiger charge is 2.31. The largest absolute Gasteiger partial charge is 0.337 e. The summed E-state index contributed by atoms with van der Waals surface area (Å²) >= 11 is 0. The number of nitrogens with zero attached hydrogens (tertiary/aromatic N) is 2. The Balaban J connectivity index is 1.46. The molecule has 7 heteroatoms. The third kappa shape index (κ3) is 3.72. The fourth-order valence-corrected chi connectivity index (χ4v) is 3.67. The van der Waals surface area contributed by atoms with Crippen molar-refractivity contribution in [2.45, 2.75) is 12.8 Å². The van der Waals surface area contributed by atoms with Gasteiger partial charge in [0.25, 0.3) is 5.91 Å².